The molecular formula is C39H48N6O9S. The van der Waals surface area contributed by atoms with Gasteiger partial charge in [-0.1, -0.05) is 51.5 Å². The third-order valence-corrected chi connectivity index (χ3v) is 12.8. The van der Waals surface area contributed by atoms with Gasteiger partial charge < -0.3 is 29.7 Å². The molecule has 16 heteroatoms. The molecule has 1 aromatic heterocycles. The lowest BCUT2D eigenvalue weighted by Crippen LogP contribution is -2.68. The molecule has 294 valence electrons. The topological polar surface area (TPSA) is 195 Å². The molecule has 3 N–H and O–H groups in total. The fraction of sp³-hybridized carbons (Fsp3) is 0.590. The van der Waals surface area contributed by atoms with Crippen molar-refractivity contribution in [3.05, 3.63) is 36.5 Å². The lowest BCUT2D eigenvalue weighted by atomic mass is 9.76. The largest absolute Gasteiger partial charge is 0.497 e. The van der Waals surface area contributed by atoms with Crippen LogP contribution >= 0.6 is 0 Å². The number of aryl methyl sites for hydroxylation is 1. The maximum atomic E-state index is 14.6. The fourth-order valence-corrected chi connectivity index (χ4v) is 8.81. The molecule has 4 amide bonds. The van der Waals surface area contributed by atoms with E-state index in [1.165, 1.54) is 11.0 Å². The van der Waals surface area contributed by atoms with Gasteiger partial charge in [-0.3, -0.25) is 14.4 Å². The summed E-state index contributed by atoms with van der Waals surface area (Å²) in [6, 6.07) is 3.07. The van der Waals surface area contributed by atoms with Crippen LogP contribution in [-0.4, -0.2) is 95.8 Å². The number of amides is 4. The number of aromatic nitrogens is 2. The Kier molecular flexibility index (Phi) is 10.2. The summed E-state index contributed by atoms with van der Waals surface area (Å²) in [5.74, 6) is 3.35. The Balaban J connectivity index is 1.23. The lowest BCUT2D eigenvalue weighted by Gasteiger charge is -2.39. The summed E-state index contributed by atoms with van der Waals surface area (Å²) < 4.78 is 45.4. The van der Waals surface area contributed by atoms with E-state index in [-0.39, 0.29) is 30.9 Å². The monoisotopic (exact) mass is 776 g/mol. The summed E-state index contributed by atoms with van der Waals surface area (Å²) in [4.78, 5) is 67.0. The molecule has 3 fully saturated rings. The van der Waals surface area contributed by atoms with E-state index in [4.69, 9.17) is 24.2 Å². The minimum atomic E-state index is -3.98. The third-order valence-electron chi connectivity index (χ3n) is 11.0. The molecular weight excluding hydrogens is 729 g/mol. The number of carbonyl (C=O) groups is 4. The van der Waals surface area contributed by atoms with E-state index in [1.54, 1.807) is 33.9 Å². The lowest BCUT2D eigenvalue weighted by molar-refractivity contribution is -0.143. The number of hydrogen-bond donors (Lipinski definition) is 3. The molecule has 7 atom stereocenters. The van der Waals surface area contributed by atoms with Crippen LogP contribution in [0.3, 0.4) is 0 Å². The molecule has 1 saturated heterocycles. The number of nitrogens with zero attached hydrogens (tertiary/aromatic N) is 3. The highest BCUT2D eigenvalue weighted by Gasteiger charge is 2.54. The van der Waals surface area contributed by atoms with Crippen LogP contribution in [0.25, 0.3) is 11.0 Å². The first kappa shape index (κ1) is 38.4. The first-order chi connectivity index (χ1) is 26.1. The number of rotatable bonds is 7. The molecule has 2 aromatic rings. The van der Waals surface area contributed by atoms with E-state index in [0.29, 0.717) is 41.7 Å². The number of methoxy groups -OCH3 is 1. The molecule has 0 spiro atoms. The average Bonchev–Trinajstić information content (AvgIpc) is 4.05. The minimum Gasteiger partial charge on any atom is -0.497 e. The van der Waals surface area contributed by atoms with Gasteiger partial charge in [0.25, 0.3) is 5.91 Å². The minimum absolute atomic E-state index is 0.0236. The van der Waals surface area contributed by atoms with Crippen LogP contribution in [0.15, 0.2) is 30.9 Å². The van der Waals surface area contributed by atoms with Gasteiger partial charge in [-0.15, -0.1) is 6.58 Å². The molecule has 2 aliphatic heterocycles. The number of carbonyl (C=O) groups excluding carboxylic acids is 4. The van der Waals surface area contributed by atoms with Crippen LogP contribution in [0.4, 0.5) is 4.79 Å². The molecule has 7 rings (SSSR count). The summed E-state index contributed by atoms with van der Waals surface area (Å²) in [5, 5.41) is 4.79. The third kappa shape index (κ3) is 7.94. The number of fused-ring (bicyclic) bond motifs is 5. The summed E-state index contributed by atoms with van der Waals surface area (Å²) in [6.07, 6.45) is 5.38. The number of ether oxygens (including phenoxy) is 3. The SMILES string of the molecule is C=C[C@H]1C#C[C@@]1(NC(=O)[C@@H]1C[C@@H]2CN1C(=O)[C@@H](C(C)(C)C)NC(=O)O[C@@H]1C[C@H]1CCCCCc1nc3ccc(OC)cc3nc1O2)C(=O)NS(=O)(=O)C1CC1. The number of alkyl carbamates (subject to hydrolysis) is 1. The van der Waals surface area contributed by atoms with Crippen molar-refractivity contribution in [2.75, 3.05) is 13.7 Å². The Morgan fingerprint density at radius 2 is 1.87 bits per heavy atom. The van der Waals surface area contributed by atoms with Crippen molar-refractivity contribution >= 4 is 44.9 Å². The molecule has 2 saturated carbocycles. The Bertz CT molecular complexity index is 2090. The van der Waals surface area contributed by atoms with Gasteiger partial charge in [-0.25, -0.2) is 27.9 Å². The quantitative estimate of drug-likeness (QED) is 0.277. The van der Waals surface area contributed by atoms with Crippen molar-refractivity contribution in [1.29, 1.82) is 0 Å². The molecule has 2 bridgehead atoms. The van der Waals surface area contributed by atoms with E-state index in [1.807, 2.05) is 12.1 Å². The van der Waals surface area contributed by atoms with Crippen molar-refractivity contribution in [3.8, 4) is 23.5 Å². The van der Waals surface area contributed by atoms with Gasteiger partial charge in [0.2, 0.25) is 27.7 Å². The summed E-state index contributed by atoms with van der Waals surface area (Å²) in [6.45, 7) is 9.06. The second-order valence-electron chi connectivity index (χ2n) is 16.2. The highest BCUT2D eigenvalue weighted by Crippen LogP contribution is 2.39. The van der Waals surface area contributed by atoms with E-state index >= 15 is 0 Å². The van der Waals surface area contributed by atoms with Crippen molar-refractivity contribution in [3.63, 3.8) is 0 Å². The summed E-state index contributed by atoms with van der Waals surface area (Å²) >= 11 is 0. The number of nitrogens with one attached hydrogen (secondary N) is 3. The Morgan fingerprint density at radius 1 is 1.09 bits per heavy atom. The van der Waals surface area contributed by atoms with Gasteiger partial charge in [0.15, 0.2) is 5.54 Å². The highest BCUT2D eigenvalue weighted by atomic mass is 32.2. The zero-order valence-corrected chi connectivity index (χ0v) is 32.4. The fourth-order valence-electron chi connectivity index (χ4n) is 7.47. The van der Waals surface area contributed by atoms with Crippen LogP contribution < -0.4 is 24.8 Å². The highest BCUT2D eigenvalue weighted by molar-refractivity contribution is 7.91. The first-order valence-electron chi connectivity index (χ1n) is 18.9. The van der Waals surface area contributed by atoms with Crippen LogP contribution in [0, 0.1) is 29.1 Å². The van der Waals surface area contributed by atoms with Gasteiger partial charge in [0.05, 0.1) is 35.9 Å². The molecule has 15 nitrogen and oxygen atoms in total. The average molecular weight is 777 g/mol. The smallest absolute Gasteiger partial charge is 0.408 e. The molecule has 0 radical (unpaired) electrons. The van der Waals surface area contributed by atoms with Crippen molar-refractivity contribution < 1.29 is 41.8 Å². The van der Waals surface area contributed by atoms with Crippen LogP contribution in [0.5, 0.6) is 11.6 Å². The van der Waals surface area contributed by atoms with E-state index < -0.39 is 74.1 Å². The van der Waals surface area contributed by atoms with Crippen LogP contribution in [-0.2, 0) is 35.6 Å². The maximum Gasteiger partial charge on any atom is 0.408 e. The van der Waals surface area contributed by atoms with Gasteiger partial charge in [-0.2, -0.15) is 0 Å². The van der Waals surface area contributed by atoms with E-state index in [0.717, 1.165) is 32.1 Å². The summed E-state index contributed by atoms with van der Waals surface area (Å²) in [5.41, 5.74) is -0.907. The Labute approximate surface area is 320 Å². The summed E-state index contributed by atoms with van der Waals surface area (Å²) in [7, 11) is -2.42. The predicted molar refractivity (Wildman–Crippen MR) is 200 cm³/mol. The van der Waals surface area contributed by atoms with Crippen LogP contribution in [0.1, 0.15) is 77.8 Å². The predicted octanol–water partition coefficient (Wildman–Crippen LogP) is 2.92. The number of benzene rings is 1. The second-order valence-corrected chi connectivity index (χ2v) is 18.2. The molecule has 5 aliphatic rings. The van der Waals surface area contributed by atoms with E-state index in [9.17, 15) is 27.6 Å². The first-order valence-corrected chi connectivity index (χ1v) is 20.5. The molecule has 0 unspecified atom stereocenters. The van der Waals surface area contributed by atoms with Crippen molar-refractivity contribution in [2.45, 2.75) is 114 Å². The molecule has 3 aliphatic carbocycles. The van der Waals surface area contributed by atoms with Gasteiger partial charge in [0.1, 0.15) is 35.7 Å². The zero-order valence-electron chi connectivity index (χ0n) is 31.6. The van der Waals surface area contributed by atoms with Gasteiger partial charge in [0, 0.05) is 12.5 Å². The maximum absolute atomic E-state index is 14.6. The Hall–Kier alpha value is -4.91. The standard InChI is InChI=1S/C39H48N6O9S/c1-6-23-16-17-39(23,36(48)44-55(50,51)26-13-14-26)43-33(46)30-20-25-21-45(30)35(47)32(38(2,3)4)42-37(49)54-31-18-22(31)10-8-7-9-11-28-34(53-25)41-29-19-24(52-5)12-15-27(29)40-28/h6,12,15,19,22-23,25-26,30-32H,1,7-11,13-14,18,20-21H2,2-5H3,(H,42,49)(H,43,46)(H,44,48)/t22-,23+,25-,30+,31-,32+,39+/m1/s1. The molecule has 3 heterocycles. The molecule has 55 heavy (non-hydrogen) atoms. The second kappa shape index (κ2) is 14.6. The normalized spacial score (nSPS) is 29.6. The molecule has 1 aromatic carbocycles. The zero-order chi connectivity index (χ0) is 39.3. The number of sulfonamides is 1. The van der Waals surface area contributed by atoms with Crippen LogP contribution in [0.2, 0.25) is 0 Å². The van der Waals surface area contributed by atoms with E-state index in [2.05, 4.69) is 33.8 Å². The Morgan fingerprint density at radius 3 is 2.55 bits per heavy atom. The van der Waals surface area contributed by atoms with Gasteiger partial charge >= 0.3 is 6.09 Å². The van der Waals surface area contributed by atoms with Crippen molar-refractivity contribution in [1.82, 2.24) is 30.2 Å². The van der Waals surface area contributed by atoms with Crippen molar-refractivity contribution in [2.24, 2.45) is 17.3 Å². The number of hydrogen-bond acceptors (Lipinski definition) is 11. The van der Waals surface area contributed by atoms with Gasteiger partial charge in [-0.05, 0) is 62.0 Å².